The van der Waals surface area contributed by atoms with Gasteiger partial charge in [-0.3, -0.25) is 0 Å². The maximum Gasteiger partial charge on any atom is 0.0958 e. The molecule has 4 heteroatoms. The van der Waals surface area contributed by atoms with E-state index in [1.54, 1.807) is 7.11 Å². The summed E-state index contributed by atoms with van der Waals surface area (Å²) < 4.78 is 10.9. The molecule has 4 nitrogen and oxygen atoms in total. The van der Waals surface area contributed by atoms with Crippen LogP contribution in [-0.4, -0.2) is 51.6 Å². The summed E-state index contributed by atoms with van der Waals surface area (Å²) in [5, 5.41) is 7.10. The topological polar surface area (TPSA) is 42.5 Å². The molecular weight excluding hydrogens is 192 g/mol. The Kier molecular flexibility index (Phi) is 4.38. The monoisotopic (exact) mass is 214 g/mol. The van der Waals surface area contributed by atoms with Crippen LogP contribution in [0.4, 0.5) is 0 Å². The Morgan fingerprint density at radius 2 is 2.07 bits per heavy atom. The van der Waals surface area contributed by atoms with Gasteiger partial charge in [-0.05, 0) is 32.4 Å². The predicted octanol–water partition coefficient (Wildman–Crippen LogP) is 0.132. The summed E-state index contributed by atoms with van der Waals surface area (Å²) >= 11 is 0. The van der Waals surface area contributed by atoms with Crippen molar-refractivity contribution in [2.75, 3.05) is 33.4 Å². The fraction of sp³-hybridized carbons (Fsp3) is 1.00. The number of hydrogen-bond donors (Lipinski definition) is 2. The zero-order chi connectivity index (χ0) is 10.5. The predicted molar refractivity (Wildman–Crippen MR) is 59.0 cm³/mol. The molecule has 0 aromatic heterocycles. The molecule has 0 bridgehead atoms. The van der Waals surface area contributed by atoms with Crippen molar-refractivity contribution >= 4 is 0 Å². The summed E-state index contributed by atoms with van der Waals surface area (Å²) in [6.07, 6.45) is 3.76. The molecule has 2 N–H and O–H groups in total. The smallest absolute Gasteiger partial charge is 0.0958 e. The molecule has 2 fully saturated rings. The highest BCUT2D eigenvalue weighted by Gasteiger charge is 2.27. The molecule has 0 aromatic rings. The number of ether oxygens (including phenoxy) is 2. The Hall–Kier alpha value is -0.160. The van der Waals surface area contributed by atoms with E-state index >= 15 is 0 Å². The van der Waals surface area contributed by atoms with Crippen LogP contribution in [0, 0.1) is 0 Å². The molecule has 15 heavy (non-hydrogen) atoms. The van der Waals surface area contributed by atoms with Crippen molar-refractivity contribution < 1.29 is 9.47 Å². The summed E-state index contributed by atoms with van der Waals surface area (Å²) in [4.78, 5) is 0. The van der Waals surface area contributed by atoms with E-state index in [1.165, 1.54) is 12.8 Å². The normalized spacial score (nSPS) is 34.2. The quantitative estimate of drug-likeness (QED) is 0.701. The van der Waals surface area contributed by atoms with Gasteiger partial charge in [0.05, 0.1) is 12.7 Å². The number of rotatable bonds is 3. The molecule has 0 amide bonds. The van der Waals surface area contributed by atoms with E-state index in [2.05, 4.69) is 10.6 Å². The average Bonchev–Trinajstić information content (AvgIpc) is 2.31. The van der Waals surface area contributed by atoms with Crippen LogP contribution in [0.1, 0.15) is 19.3 Å². The highest BCUT2D eigenvalue weighted by molar-refractivity contribution is 4.85. The maximum absolute atomic E-state index is 5.44. The molecule has 2 aliphatic heterocycles. The average molecular weight is 214 g/mol. The molecule has 0 spiro atoms. The molecule has 2 atom stereocenters. The molecule has 2 saturated heterocycles. The van der Waals surface area contributed by atoms with Crippen LogP contribution in [0.2, 0.25) is 0 Å². The highest BCUT2D eigenvalue weighted by atomic mass is 16.5. The summed E-state index contributed by atoms with van der Waals surface area (Å²) in [5.74, 6) is 0. The Balaban J connectivity index is 1.79. The van der Waals surface area contributed by atoms with Crippen molar-refractivity contribution in [3.05, 3.63) is 0 Å². The first-order chi connectivity index (χ1) is 7.40. The summed E-state index contributed by atoms with van der Waals surface area (Å²) in [6.45, 7) is 3.87. The van der Waals surface area contributed by atoms with Crippen molar-refractivity contribution in [1.82, 2.24) is 10.6 Å². The highest BCUT2D eigenvalue weighted by Crippen LogP contribution is 2.13. The number of hydrogen-bond acceptors (Lipinski definition) is 4. The molecule has 88 valence electrons. The minimum absolute atomic E-state index is 0.230. The Labute approximate surface area is 91.7 Å². The van der Waals surface area contributed by atoms with Crippen molar-refractivity contribution in [3.63, 3.8) is 0 Å². The molecule has 2 heterocycles. The first-order valence-electron chi connectivity index (χ1n) is 5.97. The maximum atomic E-state index is 5.44. The molecule has 0 aromatic carbocycles. The van der Waals surface area contributed by atoms with Gasteiger partial charge in [0, 0.05) is 25.8 Å². The Morgan fingerprint density at radius 3 is 2.80 bits per heavy atom. The fourth-order valence-electron chi connectivity index (χ4n) is 2.43. The number of nitrogens with one attached hydrogen (secondary N) is 2. The van der Waals surface area contributed by atoms with E-state index in [-0.39, 0.29) is 6.10 Å². The number of piperidine rings is 1. The van der Waals surface area contributed by atoms with Crippen LogP contribution >= 0.6 is 0 Å². The van der Waals surface area contributed by atoms with Gasteiger partial charge >= 0.3 is 0 Å². The molecule has 0 radical (unpaired) electrons. The van der Waals surface area contributed by atoms with Crippen molar-refractivity contribution in [2.45, 2.75) is 37.5 Å². The Bertz CT molecular complexity index is 183. The second-order valence-electron chi connectivity index (χ2n) is 4.44. The zero-order valence-corrected chi connectivity index (χ0v) is 9.50. The zero-order valence-electron chi connectivity index (χ0n) is 9.50. The fourth-order valence-corrected chi connectivity index (χ4v) is 2.43. The Morgan fingerprint density at radius 1 is 1.27 bits per heavy atom. The van der Waals surface area contributed by atoms with E-state index in [9.17, 15) is 0 Å². The second-order valence-corrected chi connectivity index (χ2v) is 4.44. The molecule has 0 saturated carbocycles. The van der Waals surface area contributed by atoms with E-state index in [0.717, 1.165) is 32.7 Å². The summed E-state index contributed by atoms with van der Waals surface area (Å²) in [7, 11) is 1.77. The van der Waals surface area contributed by atoms with Gasteiger partial charge in [0.2, 0.25) is 0 Å². The third kappa shape index (κ3) is 3.14. The lowest BCUT2D eigenvalue weighted by atomic mass is 10.0. The lowest BCUT2D eigenvalue weighted by Crippen LogP contribution is -2.53. The van der Waals surface area contributed by atoms with Crippen LogP contribution in [0.3, 0.4) is 0 Å². The lowest BCUT2D eigenvalue weighted by molar-refractivity contribution is -0.0527. The standard InChI is InChI=1S/C11H22N2O2/c1-14-11-8-15-7-4-10(11)13-9-2-5-12-6-3-9/h9-13H,2-8H2,1H3/t10?,11-/m0/s1. The minimum atomic E-state index is 0.230. The van der Waals surface area contributed by atoms with Crippen molar-refractivity contribution in [1.29, 1.82) is 0 Å². The van der Waals surface area contributed by atoms with Gasteiger partial charge in [0.15, 0.2) is 0 Å². The van der Waals surface area contributed by atoms with Gasteiger partial charge in [0.1, 0.15) is 0 Å². The van der Waals surface area contributed by atoms with E-state index in [1.807, 2.05) is 0 Å². The third-order valence-electron chi connectivity index (χ3n) is 3.40. The van der Waals surface area contributed by atoms with Crippen molar-refractivity contribution in [3.8, 4) is 0 Å². The van der Waals surface area contributed by atoms with Gasteiger partial charge < -0.3 is 20.1 Å². The minimum Gasteiger partial charge on any atom is -0.379 e. The van der Waals surface area contributed by atoms with Gasteiger partial charge in [-0.25, -0.2) is 0 Å². The van der Waals surface area contributed by atoms with Gasteiger partial charge in [-0.1, -0.05) is 0 Å². The third-order valence-corrected chi connectivity index (χ3v) is 3.40. The van der Waals surface area contributed by atoms with Gasteiger partial charge in [-0.2, -0.15) is 0 Å². The largest absolute Gasteiger partial charge is 0.379 e. The molecule has 2 rings (SSSR count). The summed E-state index contributed by atoms with van der Waals surface area (Å²) in [5.41, 5.74) is 0. The van der Waals surface area contributed by atoms with Crippen molar-refractivity contribution in [2.24, 2.45) is 0 Å². The first-order valence-corrected chi connectivity index (χ1v) is 5.97. The summed E-state index contributed by atoms with van der Waals surface area (Å²) in [6, 6.07) is 1.14. The number of methoxy groups -OCH3 is 1. The second kappa shape index (κ2) is 5.80. The molecule has 2 aliphatic rings. The van der Waals surface area contributed by atoms with Gasteiger partial charge in [0.25, 0.3) is 0 Å². The van der Waals surface area contributed by atoms with Crippen LogP contribution < -0.4 is 10.6 Å². The van der Waals surface area contributed by atoms with E-state index < -0.39 is 0 Å². The first kappa shape index (κ1) is 11.3. The van der Waals surface area contributed by atoms with E-state index in [4.69, 9.17) is 9.47 Å². The lowest BCUT2D eigenvalue weighted by Gasteiger charge is -2.35. The molecular formula is C11H22N2O2. The molecule has 1 unspecified atom stereocenters. The van der Waals surface area contributed by atoms with Crippen LogP contribution in [0.15, 0.2) is 0 Å². The van der Waals surface area contributed by atoms with Crippen LogP contribution in [-0.2, 0) is 9.47 Å². The van der Waals surface area contributed by atoms with Crippen LogP contribution in [0.25, 0.3) is 0 Å². The van der Waals surface area contributed by atoms with Gasteiger partial charge in [-0.15, -0.1) is 0 Å². The SMILES string of the molecule is CO[C@H]1COCCC1NC1CCNCC1. The van der Waals surface area contributed by atoms with Crippen LogP contribution in [0.5, 0.6) is 0 Å². The van der Waals surface area contributed by atoms with E-state index in [0.29, 0.717) is 12.1 Å². The molecule has 0 aliphatic carbocycles.